The van der Waals surface area contributed by atoms with E-state index in [0.717, 1.165) is 11.1 Å². The summed E-state index contributed by atoms with van der Waals surface area (Å²) in [6.07, 6.45) is 0.820. The Morgan fingerprint density at radius 3 is 2.62 bits per heavy atom. The molecule has 0 radical (unpaired) electrons. The number of aliphatic hydroxyl groups is 1. The molecule has 2 aromatic rings. The third-order valence-electron chi connectivity index (χ3n) is 2.93. The van der Waals surface area contributed by atoms with Crippen molar-refractivity contribution in [3.63, 3.8) is 0 Å². The van der Waals surface area contributed by atoms with Crippen LogP contribution in [0.4, 0.5) is 0 Å². The highest BCUT2D eigenvalue weighted by molar-refractivity contribution is 6.32. The molecule has 6 heteroatoms. The van der Waals surface area contributed by atoms with Crippen LogP contribution < -0.4 is 5.43 Å². The monoisotopic (exact) mass is 342 g/mol. The van der Waals surface area contributed by atoms with Gasteiger partial charge in [-0.25, -0.2) is 5.43 Å². The van der Waals surface area contributed by atoms with Crippen LogP contribution in [0.5, 0.6) is 5.75 Å². The van der Waals surface area contributed by atoms with Crippen LogP contribution in [-0.4, -0.2) is 28.4 Å². The molecule has 2 aromatic carbocycles. The smallest absolute Gasteiger partial charge is 0.271 e. The first-order valence-electron chi connectivity index (χ1n) is 7.07. The summed E-state index contributed by atoms with van der Waals surface area (Å²) in [5.41, 5.74) is 4.22. The van der Waals surface area contributed by atoms with Gasteiger partial charge in [0.1, 0.15) is 11.9 Å². The Morgan fingerprint density at radius 2 is 2.00 bits per heavy atom. The molecule has 3 N–H and O–H groups in total. The number of hydrogen-bond donors (Lipinski definition) is 3. The number of benzene rings is 2. The summed E-state index contributed by atoms with van der Waals surface area (Å²) in [5, 5.41) is 22.4. The summed E-state index contributed by atoms with van der Waals surface area (Å²) in [4.78, 5) is 11.9. The highest BCUT2D eigenvalue weighted by atomic mass is 35.5. The lowest BCUT2D eigenvalue weighted by molar-refractivity contribution is 0.0955. The number of carbonyl (C=O) groups is 1. The maximum Gasteiger partial charge on any atom is 0.271 e. The number of amides is 1. The maximum absolute atomic E-state index is 11.9. The second-order valence-electron chi connectivity index (χ2n) is 4.93. The van der Waals surface area contributed by atoms with Gasteiger partial charge in [0.25, 0.3) is 5.91 Å². The zero-order chi connectivity index (χ0) is 17.5. The second-order valence-corrected chi connectivity index (χ2v) is 5.34. The van der Waals surface area contributed by atoms with E-state index in [-0.39, 0.29) is 10.8 Å². The van der Waals surface area contributed by atoms with Crippen molar-refractivity contribution in [1.82, 2.24) is 5.43 Å². The number of nitrogens with zero attached hydrogens (tertiary/aromatic N) is 1. The number of hydrogen-bond acceptors (Lipinski definition) is 4. The molecule has 0 fully saturated rings. The number of phenolic OH excluding ortho intramolecular Hbond substituents is 1. The maximum atomic E-state index is 11.9. The summed E-state index contributed by atoms with van der Waals surface area (Å²) in [5.74, 6) is 4.96. The SMILES string of the molecule is CC(O)C#Cc1ccc(/C=N/NC(=O)c2ccc(O)c(Cl)c2)cc1. The molecule has 5 nitrogen and oxygen atoms in total. The fourth-order valence-electron chi connectivity index (χ4n) is 1.72. The predicted molar refractivity (Wildman–Crippen MR) is 93.2 cm³/mol. The van der Waals surface area contributed by atoms with Crippen molar-refractivity contribution in [2.75, 3.05) is 0 Å². The molecular formula is C18H15ClN2O3. The Hall–Kier alpha value is -2.81. The number of aliphatic hydroxyl groups excluding tert-OH is 1. The second kappa shape index (κ2) is 8.16. The van der Waals surface area contributed by atoms with Crippen LogP contribution in [0.25, 0.3) is 0 Å². The van der Waals surface area contributed by atoms with Crippen molar-refractivity contribution in [3.05, 3.63) is 64.2 Å². The van der Waals surface area contributed by atoms with Gasteiger partial charge >= 0.3 is 0 Å². The van der Waals surface area contributed by atoms with Gasteiger partial charge in [0, 0.05) is 11.1 Å². The van der Waals surface area contributed by atoms with Crippen molar-refractivity contribution in [2.45, 2.75) is 13.0 Å². The minimum absolute atomic E-state index is 0.0875. The largest absolute Gasteiger partial charge is 0.506 e. The average molecular weight is 343 g/mol. The Morgan fingerprint density at radius 1 is 1.29 bits per heavy atom. The van der Waals surface area contributed by atoms with Crippen molar-refractivity contribution in [3.8, 4) is 17.6 Å². The van der Waals surface area contributed by atoms with Gasteiger partial charge in [0.2, 0.25) is 0 Å². The normalized spacial score (nSPS) is 11.6. The summed E-state index contributed by atoms with van der Waals surface area (Å²) >= 11 is 5.75. The molecule has 0 saturated heterocycles. The Bertz CT molecular complexity index is 818. The summed E-state index contributed by atoms with van der Waals surface area (Å²) in [7, 11) is 0. The number of phenols is 1. The van der Waals surface area contributed by atoms with Crippen molar-refractivity contribution in [1.29, 1.82) is 0 Å². The molecule has 24 heavy (non-hydrogen) atoms. The quantitative estimate of drug-likeness (QED) is 0.455. The molecular weight excluding hydrogens is 328 g/mol. The molecule has 1 amide bonds. The highest BCUT2D eigenvalue weighted by Gasteiger charge is 2.07. The number of halogens is 1. The van der Waals surface area contributed by atoms with Crippen LogP contribution in [0.3, 0.4) is 0 Å². The Balaban J connectivity index is 1.97. The zero-order valence-corrected chi connectivity index (χ0v) is 13.6. The van der Waals surface area contributed by atoms with E-state index in [0.29, 0.717) is 5.56 Å². The van der Waals surface area contributed by atoms with Gasteiger partial charge in [-0.3, -0.25) is 4.79 Å². The van der Waals surface area contributed by atoms with E-state index in [1.54, 1.807) is 31.2 Å². The van der Waals surface area contributed by atoms with Crippen LogP contribution in [0.2, 0.25) is 5.02 Å². The first-order chi connectivity index (χ1) is 11.5. The molecule has 0 aliphatic carbocycles. The Labute approximate surface area is 144 Å². The minimum atomic E-state index is -0.671. The third kappa shape index (κ3) is 5.13. The third-order valence-corrected chi connectivity index (χ3v) is 3.23. The molecule has 0 spiro atoms. The van der Waals surface area contributed by atoms with Gasteiger partial charge in [0.05, 0.1) is 11.2 Å². The molecule has 2 rings (SSSR count). The number of carbonyl (C=O) groups excluding carboxylic acids is 1. The number of aromatic hydroxyl groups is 1. The zero-order valence-electron chi connectivity index (χ0n) is 12.8. The average Bonchev–Trinajstić information content (AvgIpc) is 2.56. The van der Waals surface area contributed by atoms with Gasteiger partial charge in [-0.1, -0.05) is 35.6 Å². The lowest BCUT2D eigenvalue weighted by Crippen LogP contribution is -2.17. The van der Waals surface area contributed by atoms with E-state index in [1.807, 2.05) is 0 Å². The van der Waals surface area contributed by atoms with Gasteiger partial charge < -0.3 is 10.2 Å². The van der Waals surface area contributed by atoms with Crippen molar-refractivity contribution >= 4 is 23.7 Å². The van der Waals surface area contributed by atoms with E-state index < -0.39 is 12.0 Å². The van der Waals surface area contributed by atoms with E-state index in [1.165, 1.54) is 24.4 Å². The van der Waals surface area contributed by atoms with Crippen LogP contribution in [0, 0.1) is 11.8 Å². The van der Waals surface area contributed by atoms with Crippen LogP contribution in [0.1, 0.15) is 28.4 Å². The van der Waals surface area contributed by atoms with Crippen LogP contribution in [0.15, 0.2) is 47.6 Å². The fraction of sp³-hybridized carbons (Fsp3) is 0.111. The molecule has 1 unspecified atom stereocenters. The topological polar surface area (TPSA) is 81.9 Å². The number of rotatable bonds is 3. The van der Waals surface area contributed by atoms with Gasteiger partial charge in [0.15, 0.2) is 0 Å². The van der Waals surface area contributed by atoms with Gasteiger partial charge in [-0.05, 0) is 42.8 Å². The Kier molecular flexibility index (Phi) is 5.96. The van der Waals surface area contributed by atoms with E-state index >= 15 is 0 Å². The summed E-state index contributed by atoms with van der Waals surface area (Å²) in [6, 6.07) is 11.3. The van der Waals surface area contributed by atoms with Crippen molar-refractivity contribution < 1.29 is 15.0 Å². The highest BCUT2D eigenvalue weighted by Crippen LogP contribution is 2.23. The summed E-state index contributed by atoms with van der Waals surface area (Å²) in [6.45, 7) is 1.60. The fourth-order valence-corrected chi connectivity index (χ4v) is 1.90. The van der Waals surface area contributed by atoms with E-state index in [9.17, 15) is 9.90 Å². The molecule has 0 aliphatic rings. The molecule has 0 aliphatic heterocycles. The first kappa shape index (κ1) is 17.5. The number of hydrazone groups is 1. The standard InChI is InChI=1S/C18H15ClN2O3/c1-12(22)2-3-13-4-6-14(7-5-13)11-20-21-18(24)15-8-9-17(23)16(19)10-15/h4-12,22-23H,1H3,(H,21,24)/b20-11+. The van der Waals surface area contributed by atoms with Crippen molar-refractivity contribution in [2.24, 2.45) is 5.10 Å². The van der Waals surface area contributed by atoms with Gasteiger partial charge in [-0.2, -0.15) is 5.10 Å². The van der Waals surface area contributed by atoms with E-state index in [4.69, 9.17) is 16.7 Å². The minimum Gasteiger partial charge on any atom is -0.506 e. The molecule has 0 saturated carbocycles. The molecule has 0 heterocycles. The molecule has 122 valence electrons. The summed E-state index contributed by atoms with van der Waals surface area (Å²) < 4.78 is 0. The van der Waals surface area contributed by atoms with Gasteiger partial charge in [-0.15, -0.1) is 0 Å². The number of nitrogens with one attached hydrogen (secondary N) is 1. The lowest BCUT2D eigenvalue weighted by atomic mass is 10.1. The first-order valence-corrected chi connectivity index (χ1v) is 7.45. The molecule has 0 bridgehead atoms. The molecule has 1 atom stereocenters. The van der Waals surface area contributed by atoms with E-state index in [2.05, 4.69) is 22.4 Å². The predicted octanol–water partition coefficient (Wildman–Crippen LogP) is 2.54. The van der Waals surface area contributed by atoms with Crippen LogP contribution >= 0.6 is 11.6 Å². The lowest BCUT2D eigenvalue weighted by Gasteiger charge is -2.02. The van der Waals surface area contributed by atoms with Crippen LogP contribution in [-0.2, 0) is 0 Å². The molecule has 0 aromatic heterocycles.